The third-order valence-corrected chi connectivity index (χ3v) is 9.23. The zero-order valence-corrected chi connectivity index (χ0v) is 30.1. The fourth-order valence-electron chi connectivity index (χ4n) is 6.69. The molecule has 1 aromatic heterocycles. The highest BCUT2D eigenvalue weighted by Crippen LogP contribution is 2.36. The van der Waals surface area contributed by atoms with Gasteiger partial charge in [-0.15, -0.1) is 0 Å². The van der Waals surface area contributed by atoms with Crippen LogP contribution in [-0.4, -0.2) is 126 Å². The number of alkyl halides is 2. The first-order chi connectivity index (χ1) is 24.1. The van der Waals surface area contributed by atoms with Crippen LogP contribution in [0, 0.1) is 5.82 Å². The number of rotatable bonds is 9. The summed E-state index contributed by atoms with van der Waals surface area (Å²) in [6, 6.07) is 5.51. The number of esters is 1. The van der Waals surface area contributed by atoms with E-state index in [4.69, 9.17) is 18.9 Å². The Balaban J connectivity index is 1.44. The van der Waals surface area contributed by atoms with Crippen LogP contribution in [0.5, 0.6) is 5.88 Å². The summed E-state index contributed by atoms with van der Waals surface area (Å²) in [5, 5.41) is 0. The summed E-state index contributed by atoms with van der Waals surface area (Å²) in [5.74, 6) is -0.913. The molecule has 2 amide bonds. The van der Waals surface area contributed by atoms with Crippen LogP contribution in [0.2, 0.25) is 0 Å². The van der Waals surface area contributed by atoms with Crippen molar-refractivity contribution in [3.05, 3.63) is 53.0 Å². The first kappa shape index (κ1) is 38.3. The first-order valence-electron chi connectivity index (χ1n) is 17.3. The van der Waals surface area contributed by atoms with Gasteiger partial charge in [0, 0.05) is 45.2 Å². The van der Waals surface area contributed by atoms with Crippen molar-refractivity contribution in [2.45, 2.75) is 90.8 Å². The fourth-order valence-corrected chi connectivity index (χ4v) is 6.69. The molecular formula is C36H48F3N5O7. The Bertz CT molecular complexity index is 1560. The number of morpholine rings is 1. The number of pyridine rings is 1. The summed E-state index contributed by atoms with van der Waals surface area (Å²) in [7, 11) is 0. The number of hydrogen-bond acceptors (Lipinski definition) is 10. The van der Waals surface area contributed by atoms with Crippen LogP contribution in [-0.2, 0) is 36.8 Å². The van der Waals surface area contributed by atoms with Gasteiger partial charge < -0.3 is 28.7 Å². The Labute approximate surface area is 296 Å². The molecule has 2 aromatic rings. The molecule has 4 atom stereocenters. The van der Waals surface area contributed by atoms with Crippen LogP contribution in [0.3, 0.4) is 0 Å². The molecule has 51 heavy (non-hydrogen) atoms. The predicted octanol–water partition coefficient (Wildman–Crippen LogP) is 4.26. The quantitative estimate of drug-likeness (QED) is 0.349. The van der Waals surface area contributed by atoms with Gasteiger partial charge in [0.2, 0.25) is 11.8 Å². The van der Waals surface area contributed by atoms with Gasteiger partial charge in [0.05, 0.1) is 37.5 Å². The van der Waals surface area contributed by atoms with Crippen molar-refractivity contribution in [1.29, 1.82) is 0 Å². The van der Waals surface area contributed by atoms with Gasteiger partial charge in [0.15, 0.2) is 0 Å². The Hall–Kier alpha value is -3.95. The van der Waals surface area contributed by atoms with Crippen molar-refractivity contribution < 1.29 is 46.5 Å². The summed E-state index contributed by atoms with van der Waals surface area (Å²) in [6.45, 7) is 11.5. The lowest BCUT2D eigenvalue weighted by molar-refractivity contribution is -0.142. The SMILES string of the molecule is CC(=O)OCc1nc2c(cc1Cc1ccc(F)cc1)N(C(=O)CN1C[C@@H](C)N(C(=O)OC(C)(C)C)C[C@@H]1CN1CCOC[C@H]1C(F)F)[C@@H](C)CO2. The van der Waals surface area contributed by atoms with E-state index in [-0.39, 0.29) is 69.1 Å². The number of carbonyl (C=O) groups excluding carboxylic acids is 3. The lowest BCUT2D eigenvalue weighted by Gasteiger charge is -2.48. The van der Waals surface area contributed by atoms with Crippen LogP contribution in [0.4, 0.5) is 23.7 Å². The average Bonchev–Trinajstić information content (AvgIpc) is 3.05. The van der Waals surface area contributed by atoms with E-state index < -0.39 is 36.2 Å². The molecule has 3 aliphatic heterocycles. The average molecular weight is 720 g/mol. The van der Waals surface area contributed by atoms with E-state index in [1.807, 2.05) is 18.7 Å². The Morgan fingerprint density at radius 2 is 1.76 bits per heavy atom. The molecule has 4 heterocycles. The van der Waals surface area contributed by atoms with Crippen molar-refractivity contribution in [2.24, 2.45) is 0 Å². The molecule has 0 spiro atoms. The number of benzene rings is 1. The molecule has 2 fully saturated rings. The second-order valence-electron chi connectivity index (χ2n) is 14.5. The van der Waals surface area contributed by atoms with E-state index in [0.29, 0.717) is 43.1 Å². The van der Waals surface area contributed by atoms with Crippen LogP contribution >= 0.6 is 0 Å². The van der Waals surface area contributed by atoms with Crippen molar-refractivity contribution in [3.8, 4) is 5.88 Å². The summed E-state index contributed by atoms with van der Waals surface area (Å²) >= 11 is 0. The molecule has 1 aromatic carbocycles. The zero-order chi connectivity index (χ0) is 37.0. The third-order valence-electron chi connectivity index (χ3n) is 9.23. The predicted molar refractivity (Wildman–Crippen MR) is 181 cm³/mol. The van der Waals surface area contributed by atoms with Gasteiger partial charge in [0.1, 0.15) is 30.3 Å². The number of hydrogen-bond donors (Lipinski definition) is 0. The molecule has 0 saturated carbocycles. The van der Waals surface area contributed by atoms with Crippen LogP contribution in [0.1, 0.15) is 58.4 Å². The van der Waals surface area contributed by atoms with Gasteiger partial charge in [0.25, 0.3) is 6.43 Å². The van der Waals surface area contributed by atoms with E-state index >= 15 is 0 Å². The van der Waals surface area contributed by atoms with E-state index in [9.17, 15) is 27.6 Å². The number of amides is 2. The first-order valence-corrected chi connectivity index (χ1v) is 17.3. The fraction of sp³-hybridized carbons (Fsp3) is 0.611. The second-order valence-corrected chi connectivity index (χ2v) is 14.5. The summed E-state index contributed by atoms with van der Waals surface area (Å²) in [5.41, 5.74) is 1.60. The number of piperazine rings is 1. The van der Waals surface area contributed by atoms with E-state index in [1.165, 1.54) is 19.1 Å². The lowest BCUT2D eigenvalue weighted by atomic mass is 10.0. The monoisotopic (exact) mass is 719 g/mol. The van der Waals surface area contributed by atoms with Crippen LogP contribution in [0.25, 0.3) is 0 Å². The Morgan fingerprint density at radius 1 is 1.04 bits per heavy atom. The Morgan fingerprint density at radius 3 is 2.43 bits per heavy atom. The topological polar surface area (TPSA) is 114 Å². The van der Waals surface area contributed by atoms with Crippen molar-refractivity contribution in [2.75, 3.05) is 57.4 Å². The molecule has 3 aliphatic rings. The van der Waals surface area contributed by atoms with Gasteiger partial charge in [-0.1, -0.05) is 12.1 Å². The minimum atomic E-state index is -2.63. The van der Waals surface area contributed by atoms with E-state index in [2.05, 4.69) is 4.98 Å². The standard InChI is InChI=1S/C36H48F3N5O7/c1-22-15-42(28(17-43(22)35(47)51-36(4,5)6)16-41-11-12-48-21-31(41)33(38)39)18-32(46)44-23(2)19-50-34-30(44)14-26(29(40-34)20-49-24(3)45)13-25-7-9-27(37)10-8-25/h7-10,14,22-23,28,31,33H,11-13,15-21H2,1-6H3/t22-,23+,28+,31+/m1/s1. The molecule has 0 unspecified atom stereocenters. The van der Waals surface area contributed by atoms with Crippen LogP contribution in [0.15, 0.2) is 30.3 Å². The number of ether oxygens (including phenoxy) is 4. The smallest absolute Gasteiger partial charge is 0.410 e. The molecule has 0 bridgehead atoms. The van der Waals surface area contributed by atoms with Crippen molar-refractivity contribution in [1.82, 2.24) is 19.7 Å². The Kier molecular flexibility index (Phi) is 12.1. The highest BCUT2D eigenvalue weighted by molar-refractivity contribution is 5.97. The molecule has 2 saturated heterocycles. The van der Waals surface area contributed by atoms with Crippen molar-refractivity contribution >= 4 is 23.7 Å². The highest BCUT2D eigenvalue weighted by atomic mass is 19.3. The zero-order valence-electron chi connectivity index (χ0n) is 30.1. The van der Waals surface area contributed by atoms with Gasteiger partial charge in [-0.3, -0.25) is 19.4 Å². The molecule has 5 rings (SSSR count). The number of fused-ring (bicyclic) bond motifs is 1. The maximum Gasteiger partial charge on any atom is 0.410 e. The lowest BCUT2D eigenvalue weighted by Crippen LogP contribution is -2.65. The molecular weight excluding hydrogens is 671 g/mol. The number of halogens is 3. The van der Waals surface area contributed by atoms with Gasteiger partial charge in [-0.2, -0.15) is 0 Å². The van der Waals surface area contributed by atoms with E-state index in [0.717, 1.165) is 5.56 Å². The number of nitrogens with zero attached hydrogens (tertiary/aromatic N) is 5. The number of carbonyl (C=O) groups is 3. The molecule has 12 nitrogen and oxygen atoms in total. The molecule has 0 N–H and O–H groups in total. The number of aromatic nitrogens is 1. The highest BCUT2D eigenvalue weighted by Gasteiger charge is 2.42. The molecule has 280 valence electrons. The third kappa shape index (κ3) is 9.69. The maximum atomic E-state index is 14.4. The van der Waals surface area contributed by atoms with Crippen molar-refractivity contribution in [3.63, 3.8) is 0 Å². The minimum absolute atomic E-state index is 0.0624. The summed E-state index contributed by atoms with van der Waals surface area (Å²) in [4.78, 5) is 50.9. The normalized spacial score (nSPS) is 23.1. The van der Waals surface area contributed by atoms with Crippen LogP contribution < -0.4 is 9.64 Å². The molecule has 0 radical (unpaired) electrons. The minimum Gasteiger partial charge on any atom is -0.474 e. The second kappa shape index (κ2) is 16.2. The maximum absolute atomic E-state index is 14.4. The van der Waals surface area contributed by atoms with E-state index in [1.54, 1.807) is 53.7 Å². The summed E-state index contributed by atoms with van der Waals surface area (Å²) in [6.07, 6.45) is -2.80. The molecule has 15 heteroatoms. The van der Waals surface area contributed by atoms with Gasteiger partial charge in [-0.05, 0) is 70.4 Å². The largest absolute Gasteiger partial charge is 0.474 e. The number of anilines is 1. The van der Waals surface area contributed by atoms with Gasteiger partial charge >= 0.3 is 12.1 Å². The molecule has 0 aliphatic carbocycles. The summed E-state index contributed by atoms with van der Waals surface area (Å²) < 4.78 is 64.1. The van der Waals surface area contributed by atoms with Gasteiger partial charge in [-0.25, -0.2) is 22.9 Å².